The number of thioether (sulfide) groups is 1. The number of rotatable bonds is 6. The number of carbonyl (C=O) groups is 1. The molecule has 0 saturated heterocycles. The van der Waals surface area contributed by atoms with Gasteiger partial charge in [0.25, 0.3) is 0 Å². The molecular formula is C24H19FN4OS. The second-order valence-electron chi connectivity index (χ2n) is 6.64. The summed E-state index contributed by atoms with van der Waals surface area (Å²) in [7, 11) is 0. The Labute approximate surface area is 183 Å². The molecule has 4 aromatic rings. The van der Waals surface area contributed by atoms with Crippen LogP contribution in [0.1, 0.15) is 5.56 Å². The smallest absolute Gasteiger partial charge is 0.249 e. The standard InChI is InChI=1S/C24H19FN4OS/c1-31-24-28-22(17-8-10-19(25)11-9-17)23(29-24)18-13-14-26-20(15-18)27-21(30)12-7-16-5-3-2-4-6-16/h2-15H,1H3,(H,28,29)(H,26,27,30)/b12-7+. The minimum atomic E-state index is -0.299. The van der Waals surface area contributed by atoms with Crippen LogP contribution in [0.4, 0.5) is 10.2 Å². The first-order valence-corrected chi connectivity index (χ1v) is 10.8. The van der Waals surface area contributed by atoms with E-state index in [4.69, 9.17) is 0 Å². The second-order valence-corrected chi connectivity index (χ2v) is 7.43. The van der Waals surface area contributed by atoms with Gasteiger partial charge < -0.3 is 10.3 Å². The van der Waals surface area contributed by atoms with Crippen LogP contribution in [-0.4, -0.2) is 27.1 Å². The first-order valence-electron chi connectivity index (χ1n) is 9.53. The molecule has 31 heavy (non-hydrogen) atoms. The van der Waals surface area contributed by atoms with E-state index in [9.17, 15) is 9.18 Å². The summed E-state index contributed by atoms with van der Waals surface area (Å²) in [5.41, 5.74) is 4.01. The lowest BCUT2D eigenvalue weighted by atomic mass is 10.1. The lowest BCUT2D eigenvalue weighted by molar-refractivity contribution is -0.111. The van der Waals surface area contributed by atoms with Gasteiger partial charge >= 0.3 is 0 Å². The average Bonchev–Trinajstić information content (AvgIpc) is 3.24. The van der Waals surface area contributed by atoms with E-state index in [1.54, 1.807) is 30.5 Å². The van der Waals surface area contributed by atoms with Crippen molar-refractivity contribution < 1.29 is 9.18 Å². The molecule has 0 bridgehead atoms. The van der Waals surface area contributed by atoms with Crippen LogP contribution in [0.2, 0.25) is 0 Å². The van der Waals surface area contributed by atoms with Gasteiger partial charge in [0.1, 0.15) is 11.6 Å². The number of hydrogen-bond donors (Lipinski definition) is 2. The number of benzene rings is 2. The topological polar surface area (TPSA) is 70.7 Å². The lowest BCUT2D eigenvalue weighted by Crippen LogP contribution is -2.09. The van der Waals surface area contributed by atoms with Crippen molar-refractivity contribution in [1.82, 2.24) is 15.0 Å². The average molecular weight is 431 g/mol. The number of anilines is 1. The normalized spacial score (nSPS) is 11.0. The summed E-state index contributed by atoms with van der Waals surface area (Å²) in [6.45, 7) is 0. The quantitative estimate of drug-likeness (QED) is 0.306. The fourth-order valence-electron chi connectivity index (χ4n) is 3.03. The Kier molecular flexibility index (Phi) is 6.24. The molecule has 0 radical (unpaired) electrons. The highest BCUT2D eigenvalue weighted by molar-refractivity contribution is 7.98. The maximum atomic E-state index is 13.4. The molecule has 7 heteroatoms. The van der Waals surface area contributed by atoms with Crippen molar-refractivity contribution in [2.75, 3.05) is 11.6 Å². The number of nitrogens with zero attached hydrogens (tertiary/aromatic N) is 2. The summed E-state index contributed by atoms with van der Waals surface area (Å²) in [6.07, 6.45) is 6.75. The summed E-state index contributed by atoms with van der Waals surface area (Å²) in [4.78, 5) is 24.5. The highest BCUT2D eigenvalue weighted by Gasteiger charge is 2.15. The van der Waals surface area contributed by atoms with Crippen LogP contribution in [0.5, 0.6) is 0 Å². The molecule has 0 fully saturated rings. The van der Waals surface area contributed by atoms with Crippen molar-refractivity contribution in [1.29, 1.82) is 0 Å². The van der Waals surface area contributed by atoms with Crippen molar-refractivity contribution in [2.45, 2.75) is 5.16 Å². The highest BCUT2D eigenvalue weighted by atomic mass is 32.2. The third-order valence-corrected chi connectivity index (χ3v) is 5.10. The number of aromatic nitrogens is 3. The fraction of sp³-hybridized carbons (Fsp3) is 0.0417. The van der Waals surface area contributed by atoms with Gasteiger partial charge in [-0.05, 0) is 54.3 Å². The minimum Gasteiger partial charge on any atom is -0.332 e. The van der Waals surface area contributed by atoms with Gasteiger partial charge in [-0.1, -0.05) is 42.1 Å². The summed E-state index contributed by atoms with van der Waals surface area (Å²) < 4.78 is 13.4. The molecule has 0 aliphatic carbocycles. The van der Waals surface area contributed by atoms with E-state index in [1.165, 1.54) is 30.0 Å². The van der Waals surface area contributed by atoms with E-state index in [1.807, 2.05) is 42.7 Å². The molecule has 4 rings (SSSR count). The molecule has 0 aliphatic heterocycles. The van der Waals surface area contributed by atoms with Gasteiger partial charge in [-0.2, -0.15) is 0 Å². The van der Waals surface area contributed by atoms with Crippen LogP contribution in [-0.2, 0) is 4.79 Å². The van der Waals surface area contributed by atoms with E-state index in [2.05, 4.69) is 20.3 Å². The summed E-state index contributed by atoms with van der Waals surface area (Å²) in [6, 6.07) is 19.4. The molecule has 0 atom stereocenters. The predicted molar refractivity (Wildman–Crippen MR) is 123 cm³/mol. The van der Waals surface area contributed by atoms with E-state index in [-0.39, 0.29) is 11.7 Å². The van der Waals surface area contributed by atoms with Gasteiger partial charge in [0, 0.05) is 23.4 Å². The molecular weight excluding hydrogens is 411 g/mol. The van der Waals surface area contributed by atoms with Crippen LogP contribution in [0, 0.1) is 5.82 Å². The molecule has 0 saturated carbocycles. The molecule has 2 aromatic heterocycles. The largest absolute Gasteiger partial charge is 0.332 e. The molecule has 154 valence electrons. The molecule has 5 nitrogen and oxygen atoms in total. The number of nitrogens with one attached hydrogen (secondary N) is 2. The van der Waals surface area contributed by atoms with Crippen LogP contribution >= 0.6 is 11.8 Å². The molecule has 0 spiro atoms. The number of aromatic amines is 1. The van der Waals surface area contributed by atoms with Gasteiger partial charge in [-0.25, -0.2) is 14.4 Å². The monoisotopic (exact) mass is 430 g/mol. The number of hydrogen-bond acceptors (Lipinski definition) is 4. The number of H-pyrrole nitrogens is 1. The molecule has 1 amide bonds. The summed E-state index contributed by atoms with van der Waals surface area (Å²) >= 11 is 1.48. The van der Waals surface area contributed by atoms with Gasteiger partial charge in [-0.15, -0.1) is 0 Å². The highest BCUT2D eigenvalue weighted by Crippen LogP contribution is 2.33. The van der Waals surface area contributed by atoms with E-state index < -0.39 is 0 Å². The Morgan fingerprint density at radius 1 is 1.06 bits per heavy atom. The second kappa shape index (κ2) is 9.40. The first kappa shape index (κ1) is 20.6. The molecule has 0 aliphatic rings. The summed E-state index contributed by atoms with van der Waals surface area (Å²) in [5.74, 6) is -0.162. The minimum absolute atomic E-state index is 0.279. The zero-order chi connectivity index (χ0) is 21.6. The molecule has 2 N–H and O–H groups in total. The van der Waals surface area contributed by atoms with Crippen LogP contribution in [0.15, 0.2) is 84.2 Å². The molecule has 2 heterocycles. The Morgan fingerprint density at radius 3 is 2.58 bits per heavy atom. The number of pyridine rings is 1. The number of carbonyl (C=O) groups excluding carboxylic acids is 1. The van der Waals surface area contributed by atoms with Crippen LogP contribution in [0.25, 0.3) is 28.6 Å². The van der Waals surface area contributed by atoms with E-state index in [0.717, 1.165) is 27.5 Å². The van der Waals surface area contributed by atoms with Crippen LogP contribution < -0.4 is 5.32 Å². The Morgan fingerprint density at radius 2 is 1.84 bits per heavy atom. The maximum absolute atomic E-state index is 13.4. The zero-order valence-corrected chi connectivity index (χ0v) is 17.5. The predicted octanol–water partition coefficient (Wildman–Crippen LogP) is 5.65. The van der Waals surface area contributed by atoms with Gasteiger partial charge in [-0.3, -0.25) is 4.79 Å². The SMILES string of the molecule is CSc1nc(-c2ccnc(NC(=O)/C=C/c3ccccc3)c2)c(-c2ccc(F)cc2)[nH]1. The molecule has 0 unspecified atom stereocenters. The number of imidazole rings is 1. The zero-order valence-electron chi connectivity index (χ0n) is 16.7. The Balaban J connectivity index is 1.60. The van der Waals surface area contributed by atoms with Crippen LogP contribution in [0.3, 0.4) is 0 Å². The number of halogens is 1. The van der Waals surface area contributed by atoms with Crippen molar-refractivity contribution in [3.63, 3.8) is 0 Å². The lowest BCUT2D eigenvalue weighted by Gasteiger charge is -2.06. The summed E-state index contributed by atoms with van der Waals surface area (Å²) in [5, 5.41) is 3.52. The van der Waals surface area contributed by atoms with E-state index >= 15 is 0 Å². The first-order chi connectivity index (χ1) is 15.1. The van der Waals surface area contributed by atoms with Gasteiger partial charge in [0.15, 0.2) is 5.16 Å². The maximum Gasteiger partial charge on any atom is 0.249 e. The fourth-order valence-corrected chi connectivity index (χ4v) is 3.42. The Hall–Kier alpha value is -3.71. The van der Waals surface area contributed by atoms with Crippen molar-refractivity contribution in [2.24, 2.45) is 0 Å². The van der Waals surface area contributed by atoms with Crippen molar-refractivity contribution in [3.8, 4) is 22.5 Å². The van der Waals surface area contributed by atoms with Crippen molar-refractivity contribution >= 4 is 29.6 Å². The third-order valence-electron chi connectivity index (χ3n) is 4.52. The van der Waals surface area contributed by atoms with E-state index in [0.29, 0.717) is 11.5 Å². The van der Waals surface area contributed by atoms with Gasteiger partial charge in [0.2, 0.25) is 5.91 Å². The Bertz CT molecular complexity index is 1220. The number of amides is 1. The van der Waals surface area contributed by atoms with Crippen molar-refractivity contribution in [3.05, 3.63) is 90.4 Å². The third kappa shape index (κ3) is 5.07. The van der Waals surface area contributed by atoms with Gasteiger partial charge in [0.05, 0.1) is 11.4 Å². The molecule has 2 aromatic carbocycles.